The van der Waals surface area contributed by atoms with Crippen molar-refractivity contribution in [3.8, 4) is 17.2 Å². The predicted molar refractivity (Wildman–Crippen MR) is 87.7 cm³/mol. The molecule has 0 aliphatic heterocycles. The second-order valence-electron chi connectivity index (χ2n) is 5.29. The number of ether oxygens (including phenoxy) is 3. The molecule has 0 aliphatic rings. The molecule has 0 saturated heterocycles. The zero-order valence-corrected chi connectivity index (χ0v) is 14.2. The Morgan fingerprint density at radius 2 is 1.54 bits per heavy atom. The lowest BCUT2D eigenvalue weighted by atomic mass is 10.1. The van der Waals surface area contributed by atoms with Crippen LogP contribution >= 0.6 is 0 Å². The summed E-state index contributed by atoms with van der Waals surface area (Å²) < 4.78 is 43.1. The third-order valence-corrected chi connectivity index (χ3v) is 3.81. The lowest BCUT2D eigenvalue weighted by Crippen LogP contribution is -2.19. The fraction of sp³-hybridized carbons (Fsp3) is 0.333. The molecule has 0 aliphatic carbocycles. The molecule has 0 spiro atoms. The zero-order chi connectivity index (χ0) is 17.7. The van der Waals surface area contributed by atoms with E-state index in [1.54, 1.807) is 40.4 Å². The van der Waals surface area contributed by atoms with Crippen molar-refractivity contribution in [1.29, 1.82) is 0 Å². The van der Waals surface area contributed by atoms with Gasteiger partial charge >= 0.3 is 0 Å². The first-order valence-electron chi connectivity index (χ1n) is 7.47. The van der Waals surface area contributed by atoms with E-state index in [-0.39, 0.29) is 11.6 Å². The van der Waals surface area contributed by atoms with Crippen LogP contribution in [0.4, 0.5) is 8.78 Å². The summed E-state index contributed by atoms with van der Waals surface area (Å²) in [4.78, 5) is 0. The molecule has 0 bridgehead atoms. The first kappa shape index (κ1) is 18.0. The molecular formula is C18H21F2NO3. The Hall–Kier alpha value is -2.34. The standard InChI is InChI=1S/C18H21F2NO3/c1-11(14-8-13(19)5-6-15(14)20)21-10-12-7-17(23-3)18(24-4)9-16(12)22-2/h5-9,11,21H,10H2,1-4H3/t11-/m1/s1. The van der Waals surface area contributed by atoms with Crippen LogP contribution < -0.4 is 19.5 Å². The Bertz CT molecular complexity index is 707. The molecule has 2 aromatic rings. The SMILES string of the molecule is COc1cc(OC)c(OC)cc1CN[C@H](C)c1cc(F)ccc1F. The molecule has 0 fully saturated rings. The average molecular weight is 337 g/mol. The molecule has 0 saturated carbocycles. The number of hydrogen-bond donors (Lipinski definition) is 1. The van der Waals surface area contributed by atoms with Gasteiger partial charge in [0.05, 0.1) is 21.3 Å². The number of benzene rings is 2. The lowest BCUT2D eigenvalue weighted by molar-refractivity contribution is 0.346. The van der Waals surface area contributed by atoms with Crippen LogP contribution in [0.3, 0.4) is 0 Å². The normalized spacial score (nSPS) is 11.9. The maximum atomic E-state index is 13.8. The van der Waals surface area contributed by atoms with Crippen molar-refractivity contribution in [2.45, 2.75) is 19.5 Å². The van der Waals surface area contributed by atoms with Crippen LogP contribution in [-0.2, 0) is 6.54 Å². The first-order chi connectivity index (χ1) is 11.5. The number of hydrogen-bond acceptors (Lipinski definition) is 4. The van der Waals surface area contributed by atoms with Gasteiger partial charge in [0.2, 0.25) is 0 Å². The Kier molecular flexibility index (Phi) is 5.98. The summed E-state index contributed by atoms with van der Waals surface area (Å²) >= 11 is 0. The molecule has 4 nitrogen and oxygen atoms in total. The van der Waals surface area contributed by atoms with Crippen molar-refractivity contribution in [3.63, 3.8) is 0 Å². The smallest absolute Gasteiger partial charge is 0.164 e. The molecule has 0 radical (unpaired) electrons. The molecule has 0 unspecified atom stereocenters. The third-order valence-electron chi connectivity index (χ3n) is 3.81. The molecule has 2 rings (SSSR count). The van der Waals surface area contributed by atoms with Crippen LogP contribution in [0, 0.1) is 11.6 Å². The number of halogens is 2. The minimum atomic E-state index is -0.469. The van der Waals surface area contributed by atoms with Crippen molar-refractivity contribution in [1.82, 2.24) is 5.32 Å². The highest BCUT2D eigenvalue weighted by atomic mass is 19.1. The summed E-state index contributed by atoms with van der Waals surface area (Å²) in [6, 6.07) is 6.56. The second-order valence-corrected chi connectivity index (χ2v) is 5.29. The molecule has 6 heteroatoms. The van der Waals surface area contributed by atoms with Gasteiger partial charge in [0, 0.05) is 29.8 Å². The molecule has 0 aromatic heterocycles. The number of rotatable bonds is 7. The van der Waals surface area contributed by atoms with Crippen molar-refractivity contribution >= 4 is 0 Å². The van der Waals surface area contributed by atoms with Gasteiger partial charge in [0.25, 0.3) is 0 Å². The summed E-state index contributed by atoms with van der Waals surface area (Å²) in [6.07, 6.45) is 0. The van der Waals surface area contributed by atoms with Crippen molar-refractivity contribution in [2.75, 3.05) is 21.3 Å². The zero-order valence-electron chi connectivity index (χ0n) is 14.2. The van der Waals surface area contributed by atoms with Crippen molar-refractivity contribution in [3.05, 3.63) is 53.1 Å². The molecule has 2 aromatic carbocycles. The van der Waals surface area contributed by atoms with Crippen LogP contribution in [0.25, 0.3) is 0 Å². The molecular weight excluding hydrogens is 316 g/mol. The molecule has 1 atom stereocenters. The van der Waals surface area contributed by atoms with E-state index in [1.807, 2.05) is 0 Å². The van der Waals surface area contributed by atoms with E-state index in [4.69, 9.17) is 14.2 Å². The topological polar surface area (TPSA) is 39.7 Å². The van der Waals surface area contributed by atoms with Crippen molar-refractivity contribution in [2.24, 2.45) is 0 Å². The van der Waals surface area contributed by atoms with Crippen LogP contribution in [0.5, 0.6) is 17.2 Å². The Balaban J connectivity index is 2.20. The van der Waals surface area contributed by atoms with E-state index < -0.39 is 11.6 Å². The summed E-state index contributed by atoms with van der Waals surface area (Å²) in [5.41, 5.74) is 1.09. The molecule has 0 heterocycles. The predicted octanol–water partition coefficient (Wildman–Crippen LogP) is 3.84. The average Bonchev–Trinajstić information content (AvgIpc) is 2.60. The number of methoxy groups -OCH3 is 3. The van der Waals surface area contributed by atoms with E-state index in [0.29, 0.717) is 23.8 Å². The van der Waals surface area contributed by atoms with Gasteiger partial charge in [-0.05, 0) is 31.2 Å². The summed E-state index contributed by atoms with van der Waals surface area (Å²) in [5, 5.41) is 3.16. The summed E-state index contributed by atoms with van der Waals surface area (Å²) in [6.45, 7) is 2.16. The van der Waals surface area contributed by atoms with E-state index in [2.05, 4.69) is 5.32 Å². The van der Waals surface area contributed by atoms with E-state index in [0.717, 1.165) is 17.7 Å². The van der Waals surface area contributed by atoms with Gasteiger partial charge in [-0.3, -0.25) is 0 Å². The van der Waals surface area contributed by atoms with E-state index in [9.17, 15) is 8.78 Å². The molecule has 130 valence electrons. The fourth-order valence-corrected chi connectivity index (χ4v) is 2.45. The van der Waals surface area contributed by atoms with Gasteiger partial charge in [0.1, 0.15) is 17.4 Å². The Morgan fingerprint density at radius 3 is 2.17 bits per heavy atom. The summed E-state index contributed by atoms with van der Waals surface area (Å²) in [5.74, 6) is 0.827. The highest BCUT2D eigenvalue weighted by Crippen LogP contribution is 2.34. The van der Waals surface area contributed by atoms with Gasteiger partial charge in [-0.2, -0.15) is 0 Å². The maximum absolute atomic E-state index is 13.8. The lowest BCUT2D eigenvalue weighted by Gasteiger charge is -2.18. The summed E-state index contributed by atoms with van der Waals surface area (Å²) in [7, 11) is 4.65. The minimum absolute atomic E-state index is 0.273. The van der Waals surface area contributed by atoms with Gasteiger partial charge in [0.15, 0.2) is 11.5 Å². The fourth-order valence-electron chi connectivity index (χ4n) is 2.45. The van der Waals surface area contributed by atoms with Gasteiger partial charge in [-0.1, -0.05) is 0 Å². The second kappa shape index (κ2) is 7.97. The highest BCUT2D eigenvalue weighted by molar-refractivity contribution is 5.50. The van der Waals surface area contributed by atoms with Gasteiger partial charge in [-0.15, -0.1) is 0 Å². The highest BCUT2D eigenvalue weighted by Gasteiger charge is 2.15. The van der Waals surface area contributed by atoms with E-state index in [1.165, 1.54) is 6.07 Å². The van der Waals surface area contributed by atoms with Crippen LogP contribution in [0.2, 0.25) is 0 Å². The monoisotopic (exact) mass is 337 g/mol. The largest absolute Gasteiger partial charge is 0.496 e. The van der Waals surface area contributed by atoms with E-state index >= 15 is 0 Å². The van der Waals surface area contributed by atoms with Crippen molar-refractivity contribution < 1.29 is 23.0 Å². The first-order valence-corrected chi connectivity index (χ1v) is 7.47. The Morgan fingerprint density at radius 1 is 0.917 bits per heavy atom. The molecule has 24 heavy (non-hydrogen) atoms. The third kappa shape index (κ3) is 3.94. The minimum Gasteiger partial charge on any atom is -0.496 e. The van der Waals surface area contributed by atoms with Gasteiger partial charge < -0.3 is 19.5 Å². The van der Waals surface area contributed by atoms with Crippen LogP contribution in [0.15, 0.2) is 30.3 Å². The molecule has 1 N–H and O–H groups in total. The Labute approximate surface area is 140 Å². The van der Waals surface area contributed by atoms with Crippen LogP contribution in [-0.4, -0.2) is 21.3 Å². The number of nitrogens with one attached hydrogen (secondary N) is 1. The molecule has 0 amide bonds. The quantitative estimate of drug-likeness (QED) is 0.833. The maximum Gasteiger partial charge on any atom is 0.164 e. The van der Waals surface area contributed by atoms with Gasteiger partial charge in [-0.25, -0.2) is 8.78 Å². The van der Waals surface area contributed by atoms with Crippen LogP contribution in [0.1, 0.15) is 24.1 Å².